The summed E-state index contributed by atoms with van der Waals surface area (Å²) in [6.45, 7) is 1.66. The second-order valence-corrected chi connectivity index (χ2v) is 6.15. The van der Waals surface area contributed by atoms with E-state index >= 15 is 0 Å². The van der Waals surface area contributed by atoms with E-state index in [9.17, 15) is 4.79 Å². The number of nitrogens with one attached hydrogen (secondary N) is 1. The summed E-state index contributed by atoms with van der Waals surface area (Å²) < 4.78 is 0. The summed E-state index contributed by atoms with van der Waals surface area (Å²) in [5.41, 5.74) is 2.73. The van der Waals surface area contributed by atoms with Crippen molar-refractivity contribution in [3.05, 3.63) is 90.8 Å². The number of rotatable bonds is 4. The maximum absolute atomic E-state index is 12.7. The van der Waals surface area contributed by atoms with Crippen molar-refractivity contribution in [2.45, 2.75) is 6.29 Å². The van der Waals surface area contributed by atoms with E-state index < -0.39 is 0 Å². The zero-order valence-corrected chi connectivity index (χ0v) is 14.3. The first-order valence-corrected chi connectivity index (χ1v) is 8.67. The highest BCUT2D eigenvalue weighted by Gasteiger charge is 2.33. The third-order valence-electron chi connectivity index (χ3n) is 4.53. The molecule has 0 spiro atoms. The first-order valence-electron chi connectivity index (χ1n) is 8.67. The zero-order chi connectivity index (χ0) is 17.8. The number of benzene rings is 2. The highest BCUT2D eigenvalue weighted by molar-refractivity contribution is 5.94. The number of hydrogen-bond donors (Lipinski definition) is 1. The van der Waals surface area contributed by atoms with Crippen LogP contribution in [-0.2, 0) is 0 Å². The largest absolute Gasteiger partial charge is 0.332 e. The molecule has 1 saturated heterocycles. The van der Waals surface area contributed by atoms with Crippen molar-refractivity contribution in [1.82, 2.24) is 10.3 Å². The van der Waals surface area contributed by atoms with Crippen LogP contribution in [0.4, 0.5) is 11.4 Å². The van der Waals surface area contributed by atoms with Gasteiger partial charge in [0.05, 0.1) is 5.56 Å². The standard InChI is InChI=1S/C21H20N4O/c26-20(17-8-7-13-22-16-17)23-21-24(18-9-3-1-4-10-18)14-15-25(21)19-11-5-2-6-12-19/h1-13,16,21H,14-15H2,(H,23,26). The molecule has 4 rings (SSSR count). The van der Waals surface area contributed by atoms with E-state index in [-0.39, 0.29) is 12.2 Å². The van der Waals surface area contributed by atoms with Gasteiger partial charge < -0.3 is 15.1 Å². The van der Waals surface area contributed by atoms with E-state index in [1.54, 1.807) is 24.5 Å². The van der Waals surface area contributed by atoms with Gasteiger partial charge >= 0.3 is 0 Å². The number of carbonyl (C=O) groups is 1. The molecule has 0 unspecified atom stereocenters. The molecule has 5 heteroatoms. The van der Waals surface area contributed by atoms with Gasteiger partial charge in [-0.2, -0.15) is 0 Å². The van der Waals surface area contributed by atoms with E-state index in [0.717, 1.165) is 24.5 Å². The fourth-order valence-electron chi connectivity index (χ4n) is 3.26. The average molecular weight is 344 g/mol. The molecule has 5 nitrogen and oxygen atoms in total. The van der Waals surface area contributed by atoms with Crippen molar-refractivity contribution >= 4 is 17.3 Å². The maximum Gasteiger partial charge on any atom is 0.255 e. The Morgan fingerprint density at radius 3 is 1.92 bits per heavy atom. The number of amides is 1. The molecule has 1 aromatic heterocycles. The summed E-state index contributed by atoms with van der Waals surface area (Å²) in [5.74, 6) is -0.133. The second kappa shape index (κ2) is 7.27. The van der Waals surface area contributed by atoms with Gasteiger partial charge in [-0.15, -0.1) is 0 Å². The fourth-order valence-corrected chi connectivity index (χ4v) is 3.26. The summed E-state index contributed by atoms with van der Waals surface area (Å²) in [7, 11) is 0. The van der Waals surface area contributed by atoms with Gasteiger partial charge in [-0.05, 0) is 36.4 Å². The number of para-hydroxylation sites is 2. The number of carbonyl (C=O) groups excluding carboxylic acids is 1. The highest BCUT2D eigenvalue weighted by atomic mass is 16.2. The number of aromatic nitrogens is 1. The second-order valence-electron chi connectivity index (χ2n) is 6.15. The highest BCUT2D eigenvalue weighted by Crippen LogP contribution is 2.27. The summed E-state index contributed by atoms with van der Waals surface area (Å²) >= 11 is 0. The van der Waals surface area contributed by atoms with Crippen LogP contribution in [0.3, 0.4) is 0 Å². The fraction of sp³-hybridized carbons (Fsp3) is 0.143. The monoisotopic (exact) mass is 344 g/mol. The molecule has 1 N–H and O–H groups in total. The molecule has 0 saturated carbocycles. The van der Waals surface area contributed by atoms with E-state index in [0.29, 0.717) is 5.56 Å². The Bertz CT molecular complexity index is 807. The van der Waals surface area contributed by atoms with Gasteiger partial charge in [0.1, 0.15) is 0 Å². The van der Waals surface area contributed by atoms with E-state index in [4.69, 9.17) is 0 Å². The van der Waals surface area contributed by atoms with Gasteiger partial charge in [0.15, 0.2) is 6.29 Å². The molecule has 3 aromatic rings. The molecule has 130 valence electrons. The predicted octanol–water partition coefficient (Wildman–Crippen LogP) is 3.12. The third-order valence-corrected chi connectivity index (χ3v) is 4.53. The molecule has 1 fully saturated rings. The lowest BCUT2D eigenvalue weighted by Crippen LogP contribution is -2.52. The lowest BCUT2D eigenvalue weighted by Gasteiger charge is -2.33. The van der Waals surface area contributed by atoms with Crippen molar-refractivity contribution in [3.8, 4) is 0 Å². The van der Waals surface area contributed by atoms with Gasteiger partial charge in [-0.25, -0.2) is 0 Å². The van der Waals surface area contributed by atoms with Crippen molar-refractivity contribution in [1.29, 1.82) is 0 Å². The van der Waals surface area contributed by atoms with E-state index in [1.807, 2.05) is 36.4 Å². The topological polar surface area (TPSA) is 48.5 Å². The van der Waals surface area contributed by atoms with Gasteiger partial charge in [-0.3, -0.25) is 9.78 Å². The minimum atomic E-state index is -0.257. The molecule has 2 aromatic carbocycles. The normalized spacial score (nSPS) is 14.5. The molecule has 1 aliphatic heterocycles. The summed E-state index contributed by atoms with van der Waals surface area (Å²) in [6, 6.07) is 23.9. The lowest BCUT2D eigenvalue weighted by atomic mass is 10.2. The molecule has 0 aliphatic carbocycles. The van der Waals surface area contributed by atoms with Crippen LogP contribution in [0.2, 0.25) is 0 Å². The van der Waals surface area contributed by atoms with Crippen LogP contribution in [-0.4, -0.2) is 30.3 Å². The molecular weight excluding hydrogens is 324 g/mol. The van der Waals surface area contributed by atoms with Crippen molar-refractivity contribution in [2.75, 3.05) is 22.9 Å². The van der Waals surface area contributed by atoms with Gasteiger partial charge in [-0.1, -0.05) is 36.4 Å². The minimum Gasteiger partial charge on any atom is -0.332 e. The first-order chi connectivity index (χ1) is 12.8. The number of nitrogens with zero attached hydrogens (tertiary/aromatic N) is 3. The zero-order valence-electron chi connectivity index (χ0n) is 14.3. The molecule has 26 heavy (non-hydrogen) atoms. The first kappa shape index (κ1) is 16.1. The molecular formula is C21H20N4O. The van der Waals surface area contributed by atoms with Crippen LogP contribution in [0.5, 0.6) is 0 Å². The summed E-state index contributed by atoms with van der Waals surface area (Å²) in [5, 5.41) is 3.17. The SMILES string of the molecule is O=C(NC1N(c2ccccc2)CCN1c1ccccc1)c1cccnc1. The quantitative estimate of drug-likeness (QED) is 0.790. The predicted molar refractivity (Wildman–Crippen MR) is 103 cm³/mol. The van der Waals surface area contributed by atoms with E-state index in [2.05, 4.69) is 44.4 Å². The Labute approximate surface area is 152 Å². The summed E-state index contributed by atoms with van der Waals surface area (Å²) in [4.78, 5) is 21.2. The Balaban J connectivity index is 1.64. The molecule has 0 radical (unpaired) electrons. The molecule has 1 aliphatic rings. The molecule has 1 amide bonds. The number of hydrogen-bond acceptors (Lipinski definition) is 4. The number of anilines is 2. The van der Waals surface area contributed by atoms with Gasteiger partial charge in [0, 0.05) is 36.9 Å². The van der Waals surface area contributed by atoms with Crippen LogP contribution in [0.25, 0.3) is 0 Å². The van der Waals surface area contributed by atoms with Gasteiger partial charge in [0.25, 0.3) is 5.91 Å². The molecule has 2 heterocycles. The van der Waals surface area contributed by atoms with Crippen molar-refractivity contribution < 1.29 is 4.79 Å². The Morgan fingerprint density at radius 2 is 1.42 bits per heavy atom. The number of pyridine rings is 1. The van der Waals surface area contributed by atoms with Crippen molar-refractivity contribution in [3.63, 3.8) is 0 Å². The lowest BCUT2D eigenvalue weighted by molar-refractivity contribution is 0.0938. The molecule has 0 atom stereocenters. The van der Waals surface area contributed by atoms with E-state index in [1.165, 1.54) is 0 Å². The van der Waals surface area contributed by atoms with Crippen molar-refractivity contribution in [2.24, 2.45) is 0 Å². The maximum atomic E-state index is 12.7. The smallest absolute Gasteiger partial charge is 0.255 e. The van der Waals surface area contributed by atoms with Crippen LogP contribution in [0, 0.1) is 0 Å². The third kappa shape index (κ3) is 3.24. The van der Waals surface area contributed by atoms with Crippen LogP contribution in [0.15, 0.2) is 85.2 Å². The van der Waals surface area contributed by atoms with Crippen LogP contribution >= 0.6 is 0 Å². The summed E-state index contributed by atoms with van der Waals surface area (Å²) in [6.07, 6.45) is 3.00. The Hall–Kier alpha value is -3.34. The van der Waals surface area contributed by atoms with Crippen LogP contribution in [0.1, 0.15) is 10.4 Å². The molecule has 0 bridgehead atoms. The van der Waals surface area contributed by atoms with Gasteiger partial charge in [0.2, 0.25) is 0 Å². The Kier molecular flexibility index (Phi) is 4.51. The minimum absolute atomic E-state index is 0.133. The Morgan fingerprint density at radius 1 is 0.846 bits per heavy atom. The van der Waals surface area contributed by atoms with Crippen LogP contribution < -0.4 is 15.1 Å². The average Bonchev–Trinajstić information content (AvgIpc) is 3.13.